The van der Waals surface area contributed by atoms with E-state index in [1.165, 1.54) is 13.1 Å². The molecule has 0 saturated carbocycles. The number of rotatable bonds is 5. The zero-order valence-corrected chi connectivity index (χ0v) is 17.8. The molecule has 156 valence electrons. The lowest BCUT2D eigenvalue weighted by Gasteiger charge is -2.12. The summed E-state index contributed by atoms with van der Waals surface area (Å²) in [4.78, 5) is 22.0. The molecule has 4 rings (SSSR count). The van der Waals surface area contributed by atoms with Crippen LogP contribution in [0.15, 0.2) is 78.0 Å². The van der Waals surface area contributed by atoms with Crippen molar-refractivity contribution in [1.82, 2.24) is 14.7 Å². The third-order valence-electron chi connectivity index (χ3n) is 4.94. The van der Waals surface area contributed by atoms with E-state index in [9.17, 15) is 13.2 Å². The molecule has 8 heteroatoms. The van der Waals surface area contributed by atoms with Crippen molar-refractivity contribution in [3.05, 3.63) is 84.2 Å². The highest BCUT2D eigenvalue weighted by molar-refractivity contribution is 7.89. The van der Waals surface area contributed by atoms with Crippen molar-refractivity contribution in [2.24, 2.45) is 0 Å². The zero-order valence-electron chi connectivity index (χ0n) is 17.0. The van der Waals surface area contributed by atoms with E-state index >= 15 is 0 Å². The van der Waals surface area contributed by atoms with Gasteiger partial charge in [-0.2, -0.15) is 0 Å². The molecule has 2 aromatic heterocycles. The van der Waals surface area contributed by atoms with Crippen LogP contribution in [-0.4, -0.2) is 31.3 Å². The third kappa shape index (κ3) is 4.16. The number of para-hydroxylation sites is 1. The topological polar surface area (TPSA) is 101 Å². The van der Waals surface area contributed by atoms with Crippen molar-refractivity contribution in [2.75, 3.05) is 12.4 Å². The number of nitrogens with one attached hydrogen (secondary N) is 2. The van der Waals surface area contributed by atoms with E-state index in [0.29, 0.717) is 33.4 Å². The average molecular weight is 433 g/mol. The first-order valence-electron chi connectivity index (χ1n) is 9.55. The van der Waals surface area contributed by atoms with Crippen LogP contribution in [0.4, 0.5) is 5.69 Å². The van der Waals surface area contributed by atoms with Crippen molar-refractivity contribution in [2.45, 2.75) is 11.8 Å². The molecule has 2 N–H and O–H groups in total. The normalized spacial score (nSPS) is 11.4. The van der Waals surface area contributed by atoms with Crippen molar-refractivity contribution >= 4 is 32.5 Å². The van der Waals surface area contributed by atoms with E-state index in [-0.39, 0.29) is 10.8 Å². The first kappa shape index (κ1) is 20.6. The van der Waals surface area contributed by atoms with Gasteiger partial charge < -0.3 is 5.32 Å². The van der Waals surface area contributed by atoms with Gasteiger partial charge in [0, 0.05) is 29.0 Å². The molecule has 0 aliphatic heterocycles. The number of pyridine rings is 2. The van der Waals surface area contributed by atoms with E-state index in [1.807, 2.05) is 36.4 Å². The highest BCUT2D eigenvalue weighted by Gasteiger charge is 2.18. The Morgan fingerprint density at radius 1 is 0.968 bits per heavy atom. The van der Waals surface area contributed by atoms with E-state index in [0.717, 1.165) is 5.56 Å². The summed E-state index contributed by atoms with van der Waals surface area (Å²) in [7, 11) is -2.30. The molecule has 0 radical (unpaired) electrons. The van der Waals surface area contributed by atoms with Gasteiger partial charge in [0.1, 0.15) is 0 Å². The largest absolute Gasteiger partial charge is 0.322 e. The fourth-order valence-electron chi connectivity index (χ4n) is 3.31. The van der Waals surface area contributed by atoms with Crippen LogP contribution in [0.25, 0.3) is 22.2 Å². The Kier molecular flexibility index (Phi) is 5.50. The van der Waals surface area contributed by atoms with Crippen LogP contribution in [-0.2, 0) is 10.0 Å². The summed E-state index contributed by atoms with van der Waals surface area (Å²) in [5, 5.41) is 3.52. The maximum absolute atomic E-state index is 13.2. The van der Waals surface area contributed by atoms with Gasteiger partial charge in [-0.25, -0.2) is 18.1 Å². The minimum absolute atomic E-state index is 0.116. The maximum atomic E-state index is 13.2. The number of anilines is 1. The van der Waals surface area contributed by atoms with Gasteiger partial charge in [0.2, 0.25) is 10.0 Å². The molecule has 0 saturated heterocycles. The van der Waals surface area contributed by atoms with Gasteiger partial charge in [-0.05, 0) is 55.9 Å². The molecule has 2 heterocycles. The van der Waals surface area contributed by atoms with Gasteiger partial charge in [0.25, 0.3) is 5.91 Å². The van der Waals surface area contributed by atoms with Crippen molar-refractivity contribution in [1.29, 1.82) is 0 Å². The van der Waals surface area contributed by atoms with Crippen LogP contribution in [0.5, 0.6) is 0 Å². The number of benzene rings is 2. The molecule has 1 amide bonds. The predicted molar refractivity (Wildman–Crippen MR) is 120 cm³/mol. The summed E-state index contributed by atoms with van der Waals surface area (Å²) in [6.45, 7) is 1.70. The number of aryl methyl sites for hydroxylation is 1. The molecular formula is C23H20N4O3S. The molecule has 0 spiro atoms. The number of carbonyl (C=O) groups excluding carboxylic acids is 1. The Morgan fingerprint density at radius 2 is 1.71 bits per heavy atom. The van der Waals surface area contributed by atoms with Crippen LogP contribution in [0, 0.1) is 6.92 Å². The lowest BCUT2D eigenvalue weighted by Crippen LogP contribution is -2.20. The predicted octanol–water partition coefficient (Wildman–Crippen LogP) is 3.77. The number of hydrogen-bond donors (Lipinski definition) is 2. The molecule has 2 aromatic carbocycles. The number of carbonyl (C=O) groups is 1. The molecule has 0 bridgehead atoms. The Morgan fingerprint density at radius 3 is 2.45 bits per heavy atom. The first-order valence-corrected chi connectivity index (χ1v) is 11.0. The lowest BCUT2D eigenvalue weighted by molar-refractivity contribution is 0.102. The van der Waals surface area contributed by atoms with Gasteiger partial charge in [0.15, 0.2) is 0 Å². The highest BCUT2D eigenvalue weighted by atomic mass is 32.2. The number of fused-ring (bicyclic) bond motifs is 1. The Balaban J connectivity index is 1.77. The standard InChI is InChI=1S/C23H20N4O3S/c1-15-7-8-17(13-22(15)31(29,30)24-2)26-23(28)19-14-21(16-9-11-25-12-10-16)27-20-6-4-3-5-18(19)20/h3-14,24H,1-2H3,(H,26,28). The molecule has 0 aliphatic rings. The van der Waals surface area contributed by atoms with E-state index < -0.39 is 10.0 Å². The first-order chi connectivity index (χ1) is 14.9. The van der Waals surface area contributed by atoms with Crippen molar-refractivity contribution in [3.63, 3.8) is 0 Å². The monoisotopic (exact) mass is 432 g/mol. The molecule has 31 heavy (non-hydrogen) atoms. The van der Waals surface area contributed by atoms with Crippen LogP contribution in [0.1, 0.15) is 15.9 Å². The summed E-state index contributed by atoms with van der Waals surface area (Å²) in [5.74, 6) is -0.356. The summed E-state index contributed by atoms with van der Waals surface area (Å²) in [6, 6.07) is 17.6. The second-order valence-corrected chi connectivity index (χ2v) is 8.81. The van der Waals surface area contributed by atoms with Crippen molar-refractivity contribution < 1.29 is 13.2 Å². The number of hydrogen-bond acceptors (Lipinski definition) is 5. The number of nitrogens with zero attached hydrogens (tertiary/aromatic N) is 2. The Labute approximate surface area is 180 Å². The molecule has 4 aromatic rings. The van der Waals surface area contributed by atoms with Gasteiger partial charge in [-0.15, -0.1) is 0 Å². The zero-order chi connectivity index (χ0) is 22.0. The summed E-state index contributed by atoms with van der Waals surface area (Å²) in [6.07, 6.45) is 3.34. The number of amides is 1. The van der Waals surface area contributed by atoms with Crippen LogP contribution in [0.2, 0.25) is 0 Å². The van der Waals surface area contributed by atoms with E-state index in [2.05, 4.69) is 20.0 Å². The molecule has 0 unspecified atom stereocenters. The second-order valence-electron chi connectivity index (χ2n) is 6.95. The van der Waals surface area contributed by atoms with Crippen LogP contribution >= 0.6 is 0 Å². The molecule has 0 aliphatic carbocycles. The van der Waals surface area contributed by atoms with E-state index in [1.54, 1.807) is 37.5 Å². The Hall–Kier alpha value is -3.62. The fraction of sp³-hybridized carbons (Fsp3) is 0.0870. The molecule has 0 fully saturated rings. The number of aromatic nitrogens is 2. The van der Waals surface area contributed by atoms with E-state index in [4.69, 9.17) is 0 Å². The summed E-state index contributed by atoms with van der Waals surface area (Å²) < 4.78 is 26.8. The van der Waals surface area contributed by atoms with Crippen LogP contribution in [0.3, 0.4) is 0 Å². The summed E-state index contributed by atoms with van der Waals surface area (Å²) >= 11 is 0. The lowest BCUT2D eigenvalue weighted by atomic mass is 10.0. The minimum Gasteiger partial charge on any atom is -0.322 e. The SMILES string of the molecule is CNS(=O)(=O)c1cc(NC(=O)c2cc(-c3ccncc3)nc3ccccc23)ccc1C. The summed E-state index contributed by atoms with van der Waals surface area (Å²) in [5.41, 5.74) is 3.58. The van der Waals surface area contributed by atoms with Gasteiger partial charge in [-0.3, -0.25) is 9.78 Å². The maximum Gasteiger partial charge on any atom is 0.256 e. The molecule has 7 nitrogen and oxygen atoms in total. The molecular weight excluding hydrogens is 412 g/mol. The Bertz CT molecular complexity index is 1390. The van der Waals surface area contributed by atoms with Gasteiger partial charge in [0.05, 0.1) is 21.7 Å². The third-order valence-corrected chi connectivity index (χ3v) is 6.50. The number of sulfonamides is 1. The quantitative estimate of drug-likeness (QED) is 0.500. The fourth-order valence-corrected chi connectivity index (χ4v) is 4.30. The highest BCUT2D eigenvalue weighted by Crippen LogP contribution is 2.26. The van der Waals surface area contributed by atoms with Gasteiger partial charge in [-0.1, -0.05) is 24.3 Å². The van der Waals surface area contributed by atoms with Crippen LogP contribution < -0.4 is 10.0 Å². The molecule has 0 atom stereocenters. The minimum atomic E-state index is -3.65. The van der Waals surface area contributed by atoms with Gasteiger partial charge >= 0.3 is 0 Å². The smallest absolute Gasteiger partial charge is 0.256 e. The van der Waals surface area contributed by atoms with Crippen molar-refractivity contribution in [3.8, 4) is 11.3 Å². The second kappa shape index (κ2) is 8.25. The average Bonchev–Trinajstić information content (AvgIpc) is 2.80.